The van der Waals surface area contributed by atoms with Gasteiger partial charge in [0.15, 0.2) is 0 Å². The molecule has 1 aromatic rings. The average Bonchev–Trinajstić information content (AvgIpc) is 2.26. The second-order valence-corrected chi connectivity index (χ2v) is 5.28. The second kappa shape index (κ2) is 6.58. The molecule has 0 saturated heterocycles. The van der Waals surface area contributed by atoms with Crippen molar-refractivity contribution in [1.29, 1.82) is 0 Å². The normalized spacial score (nSPS) is 10.8. The van der Waals surface area contributed by atoms with E-state index in [9.17, 15) is 8.42 Å². The summed E-state index contributed by atoms with van der Waals surface area (Å²) >= 11 is 0. The van der Waals surface area contributed by atoms with Gasteiger partial charge in [0.2, 0.25) is 0 Å². The van der Waals surface area contributed by atoms with Gasteiger partial charge in [-0.05, 0) is 24.6 Å². The summed E-state index contributed by atoms with van der Waals surface area (Å²) in [5.41, 5.74) is 0.834. The highest BCUT2D eigenvalue weighted by Gasteiger charge is 2.15. The topological polar surface area (TPSA) is 81.6 Å². The fourth-order valence-electron chi connectivity index (χ4n) is 1.18. The fraction of sp³-hybridized carbons (Fsp3) is 0.455. The lowest BCUT2D eigenvalue weighted by Crippen LogP contribution is -2.11. The van der Waals surface area contributed by atoms with E-state index in [0.29, 0.717) is 6.42 Å². The molecule has 0 unspecified atom stereocenters. The van der Waals surface area contributed by atoms with Gasteiger partial charge in [-0.1, -0.05) is 13.0 Å². The van der Waals surface area contributed by atoms with Gasteiger partial charge >= 0.3 is 0 Å². The third-order valence-electron chi connectivity index (χ3n) is 2.07. The Labute approximate surface area is 103 Å². The minimum atomic E-state index is -3.61. The predicted octanol–water partition coefficient (Wildman–Crippen LogP) is 2.03. The third-order valence-corrected chi connectivity index (χ3v) is 3.37. The van der Waals surface area contributed by atoms with Crippen LogP contribution in [0.2, 0.25) is 0 Å². The maximum Gasteiger partial charge on any atom is 0.297 e. The molecular weight excluding hydrogens is 240 g/mol. The molecule has 0 aliphatic rings. The molecule has 0 atom stereocenters. The van der Waals surface area contributed by atoms with Crippen LogP contribution in [0.1, 0.15) is 13.3 Å². The van der Waals surface area contributed by atoms with Crippen LogP contribution in [0.15, 0.2) is 29.2 Å². The van der Waals surface area contributed by atoms with Crippen LogP contribution in [0, 0.1) is 0 Å². The SMILES string of the molecule is CCCOS(=O)(=O)c1cccc(N(C)C)c1.N. The Morgan fingerprint density at radius 2 is 1.94 bits per heavy atom. The minimum Gasteiger partial charge on any atom is -0.378 e. The van der Waals surface area contributed by atoms with E-state index in [-0.39, 0.29) is 17.7 Å². The molecule has 0 heterocycles. The van der Waals surface area contributed by atoms with Gasteiger partial charge in [0.05, 0.1) is 11.5 Å². The maximum absolute atomic E-state index is 11.7. The molecule has 17 heavy (non-hydrogen) atoms. The molecule has 0 spiro atoms. The number of hydrogen-bond donors (Lipinski definition) is 1. The van der Waals surface area contributed by atoms with Gasteiger partial charge in [-0.3, -0.25) is 4.18 Å². The van der Waals surface area contributed by atoms with Gasteiger partial charge in [-0.2, -0.15) is 8.42 Å². The molecule has 0 aliphatic heterocycles. The van der Waals surface area contributed by atoms with Gasteiger partial charge in [-0.15, -0.1) is 0 Å². The van der Waals surface area contributed by atoms with Crippen molar-refractivity contribution in [1.82, 2.24) is 6.15 Å². The standard InChI is InChI=1S/C11H17NO3S.H3N/c1-4-8-15-16(13,14)11-7-5-6-10(9-11)12(2)3;/h5-7,9H,4,8H2,1-3H3;1H3. The lowest BCUT2D eigenvalue weighted by atomic mass is 10.3. The molecule has 0 radical (unpaired) electrons. The molecule has 98 valence electrons. The Morgan fingerprint density at radius 1 is 1.29 bits per heavy atom. The Bertz CT molecular complexity index is 444. The first kappa shape index (κ1) is 15.9. The number of rotatable bonds is 5. The predicted molar refractivity (Wildman–Crippen MR) is 69.2 cm³/mol. The van der Waals surface area contributed by atoms with Gasteiger partial charge in [-0.25, -0.2) is 0 Å². The van der Waals surface area contributed by atoms with E-state index >= 15 is 0 Å². The van der Waals surface area contributed by atoms with Crippen molar-refractivity contribution in [3.05, 3.63) is 24.3 Å². The summed E-state index contributed by atoms with van der Waals surface area (Å²) in [4.78, 5) is 2.05. The van der Waals surface area contributed by atoms with E-state index in [1.807, 2.05) is 32.0 Å². The van der Waals surface area contributed by atoms with Gasteiger partial charge in [0.25, 0.3) is 10.1 Å². The molecule has 1 rings (SSSR count). The van der Waals surface area contributed by atoms with E-state index in [1.54, 1.807) is 12.1 Å². The molecule has 0 amide bonds. The lowest BCUT2D eigenvalue weighted by molar-refractivity contribution is 0.318. The largest absolute Gasteiger partial charge is 0.378 e. The lowest BCUT2D eigenvalue weighted by Gasteiger charge is -2.13. The first-order valence-corrected chi connectivity index (χ1v) is 6.55. The monoisotopic (exact) mass is 260 g/mol. The molecular formula is C11H20N2O3S. The highest BCUT2D eigenvalue weighted by Crippen LogP contribution is 2.19. The van der Waals surface area contributed by atoms with Crippen molar-refractivity contribution >= 4 is 15.8 Å². The van der Waals surface area contributed by atoms with Crippen LogP contribution < -0.4 is 11.1 Å². The van der Waals surface area contributed by atoms with Crippen LogP contribution in [0.25, 0.3) is 0 Å². The average molecular weight is 260 g/mol. The van der Waals surface area contributed by atoms with Crippen molar-refractivity contribution in [2.75, 3.05) is 25.6 Å². The van der Waals surface area contributed by atoms with Crippen LogP contribution in [0.3, 0.4) is 0 Å². The van der Waals surface area contributed by atoms with Gasteiger partial charge in [0.1, 0.15) is 0 Å². The molecule has 0 bridgehead atoms. The summed E-state index contributed by atoms with van der Waals surface area (Å²) in [6.45, 7) is 2.08. The first-order chi connectivity index (χ1) is 7.47. The molecule has 0 saturated carbocycles. The van der Waals surface area contributed by atoms with Crippen molar-refractivity contribution < 1.29 is 12.6 Å². The summed E-state index contributed by atoms with van der Waals surface area (Å²) in [7, 11) is 0.114. The van der Waals surface area contributed by atoms with Crippen LogP contribution in [-0.2, 0) is 14.3 Å². The van der Waals surface area contributed by atoms with E-state index in [2.05, 4.69) is 0 Å². The van der Waals surface area contributed by atoms with Gasteiger partial charge < -0.3 is 11.1 Å². The smallest absolute Gasteiger partial charge is 0.297 e. The third kappa shape index (κ3) is 4.33. The zero-order chi connectivity index (χ0) is 12.2. The Hall–Kier alpha value is -1.11. The molecule has 0 fully saturated rings. The quantitative estimate of drug-likeness (QED) is 0.819. The van der Waals surface area contributed by atoms with Crippen LogP contribution in [0.5, 0.6) is 0 Å². The Balaban J connectivity index is 0.00000256. The maximum atomic E-state index is 11.7. The first-order valence-electron chi connectivity index (χ1n) is 5.14. The van der Waals surface area contributed by atoms with E-state index in [4.69, 9.17) is 4.18 Å². The number of anilines is 1. The number of hydrogen-bond acceptors (Lipinski definition) is 5. The number of benzene rings is 1. The Kier molecular flexibility index (Phi) is 6.15. The molecule has 3 N–H and O–H groups in total. The highest BCUT2D eigenvalue weighted by atomic mass is 32.2. The minimum absolute atomic E-state index is 0. The summed E-state index contributed by atoms with van der Waals surface area (Å²) in [6, 6.07) is 6.69. The molecule has 1 aromatic carbocycles. The highest BCUT2D eigenvalue weighted by molar-refractivity contribution is 7.86. The zero-order valence-electron chi connectivity index (χ0n) is 10.5. The number of nitrogens with zero attached hydrogens (tertiary/aromatic N) is 1. The van der Waals surface area contributed by atoms with Crippen LogP contribution in [-0.4, -0.2) is 29.1 Å². The van der Waals surface area contributed by atoms with Crippen LogP contribution in [0.4, 0.5) is 5.69 Å². The molecule has 0 aromatic heterocycles. The molecule has 0 aliphatic carbocycles. The van der Waals surface area contributed by atoms with Crippen molar-refractivity contribution in [3.63, 3.8) is 0 Å². The van der Waals surface area contributed by atoms with E-state index in [0.717, 1.165) is 5.69 Å². The summed E-state index contributed by atoms with van der Waals surface area (Å²) in [5, 5.41) is 0. The molecule has 6 heteroatoms. The van der Waals surface area contributed by atoms with Crippen molar-refractivity contribution in [2.45, 2.75) is 18.2 Å². The van der Waals surface area contributed by atoms with Crippen molar-refractivity contribution in [3.8, 4) is 0 Å². The van der Waals surface area contributed by atoms with Crippen LogP contribution >= 0.6 is 0 Å². The van der Waals surface area contributed by atoms with Gasteiger partial charge in [0, 0.05) is 19.8 Å². The molecule has 5 nitrogen and oxygen atoms in total. The summed E-state index contributed by atoms with van der Waals surface area (Å²) in [6.07, 6.45) is 0.673. The zero-order valence-corrected chi connectivity index (χ0v) is 11.3. The summed E-state index contributed by atoms with van der Waals surface area (Å²) < 4.78 is 28.3. The van der Waals surface area contributed by atoms with E-state index in [1.165, 1.54) is 6.07 Å². The second-order valence-electron chi connectivity index (χ2n) is 3.67. The van der Waals surface area contributed by atoms with E-state index < -0.39 is 10.1 Å². The summed E-state index contributed by atoms with van der Waals surface area (Å²) in [5.74, 6) is 0. The Morgan fingerprint density at radius 3 is 2.47 bits per heavy atom. The fourth-order valence-corrected chi connectivity index (χ4v) is 2.21. The van der Waals surface area contributed by atoms with Crippen molar-refractivity contribution in [2.24, 2.45) is 0 Å².